The molecule has 184 valence electrons. The van der Waals surface area contributed by atoms with Crippen molar-refractivity contribution in [3.8, 4) is 0 Å². The Bertz CT molecular complexity index is 979. The van der Waals surface area contributed by atoms with Crippen LogP contribution in [0, 0.1) is 6.92 Å². The second kappa shape index (κ2) is 12.5. The molecule has 0 aromatic heterocycles. The number of allylic oxidation sites excluding steroid dienone is 1. The Hall–Kier alpha value is -3.77. The Morgan fingerprint density at radius 3 is 2.68 bits per heavy atom. The van der Waals surface area contributed by atoms with E-state index in [1.54, 1.807) is 13.0 Å². The Morgan fingerprint density at radius 1 is 1.29 bits per heavy atom. The molecule has 1 saturated heterocycles. The maximum Gasteiger partial charge on any atom is 0.261 e. The summed E-state index contributed by atoms with van der Waals surface area (Å²) in [4.78, 5) is 61.3. The predicted molar refractivity (Wildman–Crippen MR) is 122 cm³/mol. The molecule has 0 spiro atoms. The van der Waals surface area contributed by atoms with E-state index in [4.69, 9.17) is 16.7 Å². The van der Waals surface area contributed by atoms with E-state index in [2.05, 4.69) is 10.6 Å². The number of piperidine rings is 1. The van der Waals surface area contributed by atoms with Gasteiger partial charge in [0.15, 0.2) is 0 Å². The minimum atomic E-state index is -1.10. The van der Waals surface area contributed by atoms with Gasteiger partial charge < -0.3 is 21.2 Å². The van der Waals surface area contributed by atoms with E-state index >= 15 is 0 Å². The van der Waals surface area contributed by atoms with Crippen LogP contribution in [0.25, 0.3) is 0 Å². The topological polar surface area (TPSA) is 188 Å². The zero-order valence-corrected chi connectivity index (χ0v) is 19.0. The number of carbonyl (C=O) groups excluding carboxylic acids is 5. The number of hydrogen-bond acceptors (Lipinski definition) is 9. The van der Waals surface area contributed by atoms with E-state index in [0.29, 0.717) is 36.2 Å². The molecule has 7 N–H and O–H groups in total. The van der Waals surface area contributed by atoms with Crippen LogP contribution in [0.4, 0.5) is 5.69 Å². The molecule has 0 radical (unpaired) electrons. The average Bonchev–Trinajstić information content (AvgIpc) is 2.77. The molecule has 12 heteroatoms. The molecular weight excluding hydrogens is 444 g/mol. The van der Waals surface area contributed by atoms with Crippen molar-refractivity contribution in [3.63, 3.8) is 0 Å². The van der Waals surface area contributed by atoms with Crippen LogP contribution in [-0.2, 0) is 19.2 Å². The number of nitrogens with one attached hydrogen (secondary N) is 2. The number of anilines is 1. The lowest BCUT2D eigenvalue weighted by Gasteiger charge is -2.29. The van der Waals surface area contributed by atoms with Gasteiger partial charge in [0.1, 0.15) is 12.6 Å². The fraction of sp³-hybridized carbons (Fsp3) is 0.409. The summed E-state index contributed by atoms with van der Waals surface area (Å²) in [5.74, 6) is 3.45. The molecule has 1 fully saturated rings. The number of amides is 5. The van der Waals surface area contributed by atoms with Gasteiger partial charge in [-0.15, -0.1) is 0 Å². The molecule has 0 saturated carbocycles. The van der Waals surface area contributed by atoms with Crippen LogP contribution in [0.3, 0.4) is 0 Å². The Kier molecular flexibility index (Phi) is 9.71. The van der Waals surface area contributed by atoms with E-state index in [9.17, 15) is 24.0 Å². The number of carbonyl (C=O) groups is 5. The summed E-state index contributed by atoms with van der Waals surface area (Å²) >= 11 is 0. The van der Waals surface area contributed by atoms with Crippen LogP contribution < -0.4 is 22.2 Å². The molecule has 2 rings (SSSR count). The zero-order valence-electron chi connectivity index (χ0n) is 19.0. The molecule has 1 atom stereocenters. The molecule has 12 nitrogen and oxygen atoms in total. The van der Waals surface area contributed by atoms with Crippen molar-refractivity contribution >= 4 is 35.7 Å². The summed E-state index contributed by atoms with van der Waals surface area (Å²) in [6.07, 6.45) is 3.57. The van der Waals surface area contributed by atoms with Crippen LogP contribution in [0.1, 0.15) is 48.0 Å². The van der Waals surface area contributed by atoms with Crippen LogP contribution in [0.5, 0.6) is 0 Å². The number of aliphatic hydroxyl groups excluding tert-OH is 1. The molecular formula is C22H30N6O6. The van der Waals surface area contributed by atoms with Gasteiger partial charge in [0.05, 0.1) is 0 Å². The van der Waals surface area contributed by atoms with Crippen LogP contribution >= 0.6 is 0 Å². The monoisotopic (exact) mass is 474 g/mol. The number of imide groups is 2. The molecule has 5 amide bonds. The van der Waals surface area contributed by atoms with Gasteiger partial charge in [0.25, 0.3) is 5.91 Å². The summed E-state index contributed by atoms with van der Waals surface area (Å²) in [5, 5.41) is 14.7. The summed E-state index contributed by atoms with van der Waals surface area (Å²) in [6, 6.07) is 3.49. The quantitative estimate of drug-likeness (QED) is 0.0923. The van der Waals surface area contributed by atoms with Gasteiger partial charge in [-0.3, -0.25) is 34.2 Å². The lowest BCUT2D eigenvalue weighted by Crippen LogP contribution is -2.53. The van der Waals surface area contributed by atoms with Gasteiger partial charge in [0.2, 0.25) is 24.1 Å². The molecule has 1 heterocycles. The van der Waals surface area contributed by atoms with E-state index in [0.717, 1.165) is 9.91 Å². The zero-order chi connectivity index (χ0) is 25.3. The number of benzene rings is 1. The standard InChI is InChI=1S/C22H30N6O6/c1-14-16(22(34)28(13-30)18-8-9-19(31)26-21(18)33)6-4-7-17(14)25-20(32)12-27(24)11-15(23)5-2-3-10-29/h4,6-7,11,13,18,29H,2-3,5,8-10,12,23-24H2,1H3,(H,25,32)(H,26,31,33)/b15-11-. The summed E-state index contributed by atoms with van der Waals surface area (Å²) in [6.45, 7) is 1.45. The second-order valence-electron chi connectivity index (χ2n) is 7.87. The highest BCUT2D eigenvalue weighted by molar-refractivity contribution is 6.08. The maximum atomic E-state index is 13.0. The molecule has 1 aromatic carbocycles. The normalized spacial score (nSPS) is 16.0. The first-order valence-electron chi connectivity index (χ1n) is 10.8. The molecule has 1 aliphatic rings. The second-order valence-corrected chi connectivity index (χ2v) is 7.87. The van der Waals surface area contributed by atoms with Gasteiger partial charge in [-0.1, -0.05) is 6.07 Å². The number of nitrogens with two attached hydrogens (primary N) is 2. The van der Waals surface area contributed by atoms with Crippen molar-refractivity contribution in [1.82, 2.24) is 15.2 Å². The van der Waals surface area contributed by atoms with E-state index in [1.807, 2.05) is 0 Å². The lowest BCUT2D eigenvalue weighted by molar-refractivity contribution is -0.139. The van der Waals surface area contributed by atoms with E-state index in [1.165, 1.54) is 18.3 Å². The van der Waals surface area contributed by atoms with Gasteiger partial charge in [-0.05, 0) is 50.3 Å². The Labute approximate surface area is 196 Å². The highest BCUT2D eigenvalue weighted by atomic mass is 16.3. The average molecular weight is 475 g/mol. The molecule has 0 aliphatic carbocycles. The van der Waals surface area contributed by atoms with Gasteiger partial charge in [-0.25, -0.2) is 5.84 Å². The number of unbranched alkanes of at least 4 members (excludes halogenated alkanes) is 1. The van der Waals surface area contributed by atoms with Crippen molar-refractivity contribution in [3.05, 3.63) is 41.2 Å². The fourth-order valence-corrected chi connectivity index (χ4v) is 3.47. The number of aliphatic hydroxyl groups is 1. The summed E-state index contributed by atoms with van der Waals surface area (Å²) < 4.78 is 0. The van der Waals surface area contributed by atoms with Crippen molar-refractivity contribution in [1.29, 1.82) is 0 Å². The number of hydrogen-bond donors (Lipinski definition) is 5. The van der Waals surface area contributed by atoms with Crippen LogP contribution in [0.2, 0.25) is 0 Å². The molecule has 1 unspecified atom stereocenters. The van der Waals surface area contributed by atoms with Crippen LogP contribution in [0.15, 0.2) is 30.1 Å². The highest BCUT2D eigenvalue weighted by Crippen LogP contribution is 2.22. The predicted octanol–water partition coefficient (Wildman–Crippen LogP) is -0.524. The SMILES string of the molecule is Cc1c(NC(=O)CN(N)/C=C(\N)CCCCO)cccc1C(=O)N(C=O)C1CCC(=O)NC1=O. The van der Waals surface area contributed by atoms with Crippen molar-refractivity contribution < 1.29 is 29.1 Å². The number of nitrogens with zero attached hydrogens (tertiary/aromatic N) is 2. The minimum absolute atomic E-state index is 0.0130. The van der Waals surface area contributed by atoms with Gasteiger partial charge in [0, 0.05) is 36.2 Å². The molecule has 0 bridgehead atoms. The lowest BCUT2D eigenvalue weighted by atomic mass is 10.0. The highest BCUT2D eigenvalue weighted by Gasteiger charge is 2.35. The molecule has 1 aliphatic heterocycles. The van der Waals surface area contributed by atoms with Crippen molar-refractivity contribution in [2.75, 3.05) is 18.5 Å². The minimum Gasteiger partial charge on any atom is -0.401 e. The third-order valence-electron chi connectivity index (χ3n) is 5.26. The van der Waals surface area contributed by atoms with Gasteiger partial charge in [-0.2, -0.15) is 0 Å². The van der Waals surface area contributed by atoms with E-state index < -0.39 is 29.7 Å². The summed E-state index contributed by atoms with van der Waals surface area (Å²) in [5.41, 5.74) is 7.16. The third-order valence-corrected chi connectivity index (χ3v) is 5.26. The molecule has 1 aromatic rings. The van der Waals surface area contributed by atoms with Crippen molar-refractivity contribution in [2.45, 2.75) is 45.1 Å². The Morgan fingerprint density at radius 2 is 2.03 bits per heavy atom. The fourth-order valence-electron chi connectivity index (χ4n) is 3.47. The van der Waals surface area contributed by atoms with E-state index in [-0.39, 0.29) is 38.0 Å². The first-order valence-corrected chi connectivity index (χ1v) is 10.8. The number of rotatable bonds is 11. The largest absolute Gasteiger partial charge is 0.401 e. The third kappa shape index (κ3) is 7.12. The maximum absolute atomic E-state index is 13.0. The first kappa shape index (κ1) is 26.5. The molecule has 34 heavy (non-hydrogen) atoms. The van der Waals surface area contributed by atoms with Crippen molar-refractivity contribution in [2.24, 2.45) is 11.6 Å². The van der Waals surface area contributed by atoms with Crippen LogP contribution in [-0.4, -0.2) is 64.2 Å². The smallest absolute Gasteiger partial charge is 0.261 e. The summed E-state index contributed by atoms with van der Waals surface area (Å²) in [7, 11) is 0. The number of hydrazine groups is 1. The first-order chi connectivity index (χ1) is 16.2. The van der Waals surface area contributed by atoms with Gasteiger partial charge >= 0.3 is 0 Å². The Balaban J connectivity index is 2.08.